The third-order valence-electron chi connectivity index (χ3n) is 3.47. The highest BCUT2D eigenvalue weighted by atomic mass is 79.9. The molecule has 0 aromatic carbocycles. The molecule has 0 aromatic heterocycles. The lowest BCUT2D eigenvalue weighted by atomic mass is 10.1. The Morgan fingerprint density at radius 3 is 1.76 bits per heavy atom. The van der Waals surface area contributed by atoms with E-state index in [9.17, 15) is 14.4 Å². The van der Waals surface area contributed by atoms with E-state index in [0.717, 1.165) is 44.9 Å². The standard InChI is InChI=1S/C15H21Br2NO3/c1-11(19)9-7-5-3-2-4-6-8-10-18-14(20)12(16)13(17)15(18)21/h2-10H2,1H3. The van der Waals surface area contributed by atoms with Crippen molar-refractivity contribution >= 4 is 49.5 Å². The molecule has 1 rings (SSSR count). The normalized spacial score (nSPS) is 15.3. The van der Waals surface area contributed by atoms with Crippen molar-refractivity contribution in [3.63, 3.8) is 0 Å². The van der Waals surface area contributed by atoms with Crippen LogP contribution in [0.15, 0.2) is 8.96 Å². The lowest BCUT2D eigenvalue weighted by Crippen LogP contribution is -2.32. The largest absolute Gasteiger partial charge is 0.300 e. The summed E-state index contributed by atoms with van der Waals surface area (Å²) < 4.78 is 0.635. The number of rotatable bonds is 10. The smallest absolute Gasteiger partial charge is 0.269 e. The number of hydrogen-bond donors (Lipinski definition) is 0. The van der Waals surface area contributed by atoms with Crippen LogP contribution >= 0.6 is 31.9 Å². The Bertz CT molecular complexity index is 422. The summed E-state index contributed by atoms with van der Waals surface area (Å²) in [5, 5.41) is 0. The number of ketones is 1. The van der Waals surface area contributed by atoms with Gasteiger partial charge < -0.3 is 4.79 Å². The van der Waals surface area contributed by atoms with E-state index >= 15 is 0 Å². The molecule has 1 aliphatic heterocycles. The molecule has 2 amide bonds. The highest BCUT2D eigenvalue weighted by molar-refractivity contribution is 9.14. The minimum atomic E-state index is -0.254. The molecule has 4 nitrogen and oxygen atoms in total. The maximum Gasteiger partial charge on any atom is 0.269 e. The van der Waals surface area contributed by atoms with E-state index in [1.54, 1.807) is 6.92 Å². The van der Waals surface area contributed by atoms with E-state index < -0.39 is 0 Å². The Balaban J connectivity index is 2.04. The van der Waals surface area contributed by atoms with Crippen molar-refractivity contribution in [2.45, 2.75) is 58.3 Å². The Hall–Kier alpha value is -0.490. The molecule has 1 heterocycles. The van der Waals surface area contributed by atoms with Crippen LogP contribution < -0.4 is 0 Å². The first-order valence-corrected chi connectivity index (χ1v) is 8.94. The maximum atomic E-state index is 11.8. The molecule has 118 valence electrons. The zero-order valence-electron chi connectivity index (χ0n) is 12.3. The summed E-state index contributed by atoms with van der Waals surface area (Å²) in [5.74, 6) is -0.243. The average Bonchev–Trinajstić information content (AvgIpc) is 2.62. The van der Waals surface area contributed by atoms with Crippen molar-refractivity contribution in [1.29, 1.82) is 0 Å². The van der Waals surface area contributed by atoms with Crippen molar-refractivity contribution in [2.75, 3.05) is 6.54 Å². The van der Waals surface area contributed by atoms with E-state index in [1.165, 1.54) is 4.90 Å². The molecule has 0 spiro atoms. The lowest BCUT2D eigenvalue weighted by molar-refractivity contribution is -0.137. The third-order valence-corrected chi connectivity index (χ3v) is 5.47. The second kappa shape index (κ2) is 9.51. The number of imide groups is 1. The molecule has 21 heavy (non-hydrogen) atoms. The van der Waals surface area contributed by atoms with Gasteiger partial charge in [0.25, 0.3) is 11.8 Å². The molecule has 0 saturated carbocycles. The van der Waals surface area contributed by atoms with Crippen LogP contribution in [0.3, 0.4) is 0 Å². The molecule has 0 atom stereocenters. The van der Waals surface area contributed by atoms with Gasteiger partial charge in [-0.2, -0.15) is 0 Å². The van der Waals surface area contributed by atoms with Gasteiger partial charge in [0.2, 0.25) is 0 Å². The molecule has 0 aliphatic carbocycles. The summed E-state index contributed by atoms with van der Waals surface area (Å²) >= 11 is 6.23. The molecule has 0 N–H and O–H groups in total. The van der Waals surface area contributed by atoms with Crippen LogP contribution in [0, 0.1) is 0 Å². The van der Waals surface area contributed by atoms with Gasteiger partial charge >= 0.3 is 0 Å². The molecule has 0 aromatic rings. The van der Waals surface area contributed by atoms with Crippen LogP contribution in [0.4, 0.5) is 0 Å². The van der Waals surface area contributed by atoms with E-state index in [1.807, 2.05) is 0 Å². The predicted octanol–water partition coefficient (Wildman–Crippen LogP) is 4.07. The predicted molar refractivity (Wildman–Crippen MR) is 89.2 cm³/mol. The molecule has 0 saturated heterocycles. The zero-order valence-corrected chi connectivity index (χ0v) is 15.5. The monoisotopic (exact) mass is 421 g/mol. The van der Waals surface area contributed by atoms with Gasteiger partial charge in [-0.05, 0) is 51.6 Å². The first-order chi connectivity index (χ1) is 9.95. The molecule has 1 aliphatic rings. The SMILES string of the molecule is CC(=O)CCCCCCCCCN1C(=O)C(Br)=C(Br)C1=O. The number of halogens is 2. The van der Waals surface area contributed by atoms with Crippen molar-refractivity contribution in [1.82, 2.24) is 4.90 Å². The fourth-order valence-corrected chi connectivity index (χ4v) is 3.02. The minimum Gasteiger partial charge on any atom is -0.300 e. The summed E-state index contributed by atoms with van der Waals surface area (Å²) in [6.07, 6.45) is 8.03. The first-order valence-electron chi connectivity index (χ1n) is 7.36. The summed E-state index contributed by atoms with van der Waals surface area (Å²) in [5.41, 5.74) is 0. The molecular weight excluding hydrogens is 402 g/mol. The highest BCUT2D eigenvalue weighted by Gasteiger charge is 2.35. The van der Waals surface area contributed by atoms with Crippen molar-refractivity contribution in [3.05, 3.63) is 8.96 Å². The van der Waals surface area contributed by atoms with Crippen molar-refractivity contribution < 1.29 is 14.4 Å². The number of hydrogen-bond acceptors (Lipinski definition) is 3. The third kappa shape index (κ3) is 6.02. The second-order valence-electron chi connectivity index (χ2n) is 5.32. The van der Waals surface area contributed by atoms with Crippen LogP contribution in [0.1, 0.15) is 58.3 Å². The lowest BCUT2D eigenvalue weighted by Gasteiger charge is -2.13. The Kier molecular flexibility index (Phi) is 8.41. The molecule has 0 fully saturated rings. The van der Waals surface area contributed by atoms with Gasteiger partial charge in [-0.3, -0.25) is 14.5 Å². The zero-order chi connectivity index (χ0) is 15.8. The summed E-state index contributed by atoms with van der Waals surface area (Å²) in [6.45, 7) is 2.11. The molecule has 6 heteroatoms. The minimum absolute atomic E-state index is 0.254. The van der Waals surface area contributed by atoms with E-state index in [4.69, 9.17) is 0 Å². The topological polar surface area (TPSA) is 54.5 Å². The van der Waals surface area contributed by atoms with Gasteiger partial charge in [-0.25, -0.2) is 0 Å². The molecule has 0 unspecified atom stereocenters. The number of amides is 2. The van der Waals surface area contributed by atoms with Crippen LogP contribution in [-0.4, -0.2) is 29.0 Å². The molecular formula is C15H21Br2NO3. The van der Waals surface area contributed by atoms with Gasteiger partial charge in [0, 0.05) is 13.0 Å². The fraction of sp³-hybridized carbons (Fsp3) is 0.667. The van der Waals surface area contributed by atoms with Crippen molar-refractivity contribution in [3.8, 4) is 0 Å². The Morgan fingerprint density at radius 1 is 0.857 bits per heavy atom. The first kappa shape index (κ1) is 18.6. The van der Waals surface area contributed by atoms with Gasteiger partial charge in [0.15, 0.2) is 0 Å². The van der Waals surface area contributed by atoms with Gasteiger partial charge in [-0.15, -0.1) is 0 Å². The number of unbranched alkanes of at least 4 members (excludes halogenated alkanes) is 6. The summed E-state index contributed by atoms with van der Waals surface area (Å²) in [6, 6.07) is 0. The van der Waals surface area contributed by atoms with Crippen LogP contribution in [0.25, 0.3) is 0 Å². The average molecular weight is 423 g/mol. The van der Waals surface area contributed by atoms with Crippen LogP contribution in [-0.2, 0) is 14.4 Å². The van der Waals surface area contributed by atoms with E-state index in [0.29, 0.717) is 21.9 Å². The maximum absolute atomic E-state index is 11.8. The second-order valence-corrected chi connectivity index (χ2v) is 6.90. The number of Topliss-reactive ketones (excluding diaryl/α,β-unsaturated/α-hetero) is 1. The highest BCUT2D eigenvalue weighted by Crippen LogP contribution is 2.29. The summed E-state index contributed by atoms with van der Waals surface area (Å²) in [7, 11) is 0. The summed E-state index contributed by atoms with van der Waals surface area (Å²) in [4.78, 5) is 35.6. The molecule has 0 radical (unpaired) electrons. The fourth-order valence-electron chi connectivity index (χ4n) is 2.25. The quantitative estimate of drug-likeness (QED) is 0.394. The van der Waals surface area contributed by atoms with Gasteiger partial charge in [-0.1, -0.05) is 32.1 Å². The number of carbonyl (C=O) groups is 3. The molecule has 0 bridgehead atoms. The Labute approximate surface area is 142 Å². The Morgan fingerprint density at radius 2 is 1.29 bits per heavy atom. The van der Waals surface area contributed by atoms with E-state index in [-0.39, 0.29) is 17.6 Å². The number of nitrogens with zero attached hydrogens (tertiary/aromatic N) is 1. The van der Waals surface area contributed by atoms with E-state index in [2.05, 4.69) is 31.9 Å². The van der Waals surface area contributed by atoms with Gasteiger partial charge in [0.1, 0.15) is 14.7 Å². The van der Waals surface area contributed by atoms with Crippen molar-refractivity contribution in [2.24, 2.45) is 0 Å². The number of carbonyl (C=O) groups excluding carboxylic acids is 3. The van der Waals surface area contributed by atoms with Crippen LogP contribution in [0.5, 0.6) is 0 Å². The van der Waals surface area contributed by atoms with Crippen LogP contribution in [0.2, 0.25) is 0 Å². The van der Waals surface area contributed by atoms with Gasteiger partial charge in [0.05, 0.1) is 0 Å².